The van der Waals surface area contributed by atoms with Gasteiger partial charge in [-0.25, -0.2) is 0 Å². The fourth-order valence-corrected chi connectivity index (χ4v) is 15.9. The van der Waals surface area contributed by atoms with Crippen LogP contribution in [0, 0.1) is 25.7 Å². The van der Waals surface area contributed by atoms with Crippen LogP contribution in [0.5, 0.6) is 0 Å². The van der Waals surface area contributed by atoms with Crippen molar-refractivity contribution in [2.75, 3.05) is 0 Å². The lowest BCUT2D eigenvalue weighted by atomic mass is 9.88. The maximum Gasteiger partial charge on any atom is 0.0434 e. The van der Waals surface area contributed by atoms with Crippen molar-refractivity contribution in [3.63, 3.8) is 0 Å². The van der Waals surface area contributed by atoms with Gasteiger partial charge in [0, 0.05) is 39.7 Å². The summed E-state index contributed by atoms with van der Waals surface area (Å²) in [6, 6.07) is 29.2. The molecule has 0 nitrogen and oxygen atoms in total. The minimum absolute atomic E-state index is 0.745. The van der Waals surface area contributed by atoms with Gasteiger partial charge in [-0.05, 0) is 107 Å². The van der Waals surface area contributed by atoms with Gasteiger partial charge in [-0.1, -0.05) is 293 Å². The molecule has 2 unspecified atom stereocenters. The Morgan fingerprint density at radius 2 is 0.800 bits per heavy atom. The Morgan fingerprint density at radius 1 is 0.373 bits per heavy atom. The number of aryl methyl sites for hydroxylation is 2. The fourth-order valence-electron chi connectivity index (χ4n) is 12.5. The molecular formula is C72H102S3. The quantitative estimate of drug-likeness (QED) is 0.0337. The predicted octanol–water partition coefficient (Wildman–Crippen LogP) is 25.8. The van der Waals surface area contributed by atoms with Crippen LogP contribution in [0.25, 0.3) is 64.3 Å². The Bertz CT molecular complexity index is 2730. The molecule has 0 N–H and O–H groups in total. The third kappa shape index (κ3) is 18.7. The molecule has 7 aromatic rings. The van der Waals surface area contributed by atoms with E-state index in [4.69, 9.17) is 0 Å². The second-order valence-electron chi connectivity index (χ2n) is 23.5. The summed E-state index contributed by atoms with van der Waals surface area (Å²) in [7, 11) is 0. The van der Waals surface area contributed by atoms with E-state index in [-0.39, 0.29) is 0 Å². The van der Waals surface area contributed by atoms with Crippen LogP contribution in [0.1, 0.15) is 264 Å². The first-order valence-corrected chi connectivity index (χ1v) is 34.0. The number of hydrogen-bond donors (Lipinski definition) is 0. The Labute approximate surface area is 471 Å². The van der Waals surface area contributed by atoms with Gasteiger partial charge in [0.25, 0.3) is 0 Å². The van der Waals surface area contributed by atoms with Crippen molar-refractivity contribution in [3.05, 3.63) is 104 Å². The van der Waals surface area contributed by atoms with Gasteiger partial charge in [0.15, 0.2) is 0 Å². The van der Waals surface area contributed by atoms with Gasteiger partial charge in [-0.3, -0.25) is 0 Å². The van der Waals surface area contributed by atoms with Crippen LogP contribution in [0.15, 0.2) is 72.8 Å². The number of fused-ring (bicyclic) bond motifs is 7. The van der Waals surface area contributed by atoms with E-state index in [0.29, 0.717) is 0 Å². The molecule has 0 aliphatic heterocycles. The molecule has 0 aliphatic rings. The van der Waals surface area contributed by atoms with E-state index in [9.17, 15) is 0 Å². The molecule has 0 bridgehead atoms. The molecule has 408 valence electrons. The summed E-state index contributed by atoms with van der Waals surface area (Å²) in [5.41, 5.74) is 5.93. The molecule has 0 radical (unpaired) electrons. The average Bonchev–Trinajstić information content (AvgIpc) is 4.13. The lowest BCUT2D eigenvalue weighted by molar-refractivity contribution is 0.400. The molecule has 0 amide bonds. The van der Waals surface area contributed by atoms with Gasteiger partial charge < -0.3 is 0 Å². The van der Waals surface area contributed by atoms with Crippen LogP contribution in [0.4, 0.5) is 0 Å². The first-order chi connectivity index (χ1) is 36.9. The molecule has 4 aromatic carbocycles. The molecule has 3 heterocycles. The zero-order chi connectivity index (χ0) is 52.5. The molecule has 3 aromatic heterocycles. The number of hydrogen-bond acceptors (Lipinski definition) is 3. The molecule has 0 saturated heterocycles. The molecule has 75 heavy (non-hydrogen) atoms. The molecule has 0 fully saturated rings. The first kappa shape index (κ1) is 59.4. The summed E-state index contributed by atoms with van der Waals surface area (Å²) in [5, 5.41) is 8.28. The highest BCUT2D eigenvalue weighted by Gasteiger charge is 2.19. The van der Waals surface area contributed by atoms with Crippen LogP contribution in [-0.4, -0.2) is 0 Å². The normalized spacial score (nSPS) is 13.0. The largest absolute Gasteiger partial charge is 0.141 e. The molecule has 2 atom stereocenters. The summed E-state index contributed by atoms with van der Waals surface area (Å²) in [6.45, 7) is 13.9. The SMILES string of the molecule is CCCCCCCCCCC(CCCCCCCC)Cc1cc(C)sc1/C=C/c1cc(CC(CCCCCCCC)CCCCCCCCCC)c(-c2ccc3c(ccc4c5ccc6cc(C)ccc6c5sc34)c2)s1. The van der Waals surface area contributed by atoms with E-state index < -0.39 is 0 Å². The van der Waals surface area contributed by atoms with Crippen molar-refractivity contribution >= 4 is 87.9 Å². The highest BCUT2D eigenvalue weighted by Crippen LogP contribution is 2.44. The van der Waals surface area contributed by atoms with Crippen LogP contribution in [0.2, 0.25) is 0 Å². The summed E-state index contributed by atoms with van der Waals surface area (Å²) < 4.78 is 2.85. The lowest BCUT2D eigenvalue weighted by Gasteiger charge is -2.18. The highest BCUT2D eigenvalue weighted by atomic mass is 32.1. The molecule has 3 heteroatoms. The third-order valence-corrected chi connectivity index (χ3v) is 20.5. The van der Waals surface area contributed by atoms with Crippen molar-refractivity contribution in [1.82, 2.24) is 0 Å². The van der Waals surface area contributed by atoms with Crippen LogP contribution >= 0.6 is 34.0 Å². The van der Waals surface area contributed by atoms with Gasteiger partial charge in [-0.2, -0.15) is 0 Å². The molecule has 0 saturated carbocycles. The zero-order valence-corrected chi connectivity index (χ0v) is 51.0. The van der Waals surface area contributed by atoms with E-state index in [0.717, 1.165) is 11.8 Å². The van der Waals surface area contributed by atoms with E-state index >= 15 is 0 Å². The van der Waals surface area contributed by atoms with Crippen LogP contribution < -0.4 is 0 Å². The van der Waals surface area contributed by atoms with Crippen molar-refractivity contribution < 1.29 is 0 Å². The van der Waals surface area contributed by atoms with Crippen molar-refractivity contribution in [1.29, 1.82) is 0 Å². The van der Waals surface area contributed by atoms with E-state index in [1.165, 1.54) is 291 Å². The smallest absolute Gasteiger partial charge is 0.0434 e. The molecule has 7 rings (SSSR count). The van der Waals surface area contributed by atoms with Crippen LogP contribution in [-0.2, 0) is 12.8 Å². The second-order valence-corrected chi connectivity index (χ2v) is 26.9. The van der Waals surface area contributed by atoms with Crippen molar-refractivity contribution in [3.8, 4) is 10.4 Å². The molecular weight excluding hydrogens is 961 g/mol. The Kier molecular flexibility index (Phi) is 26.3. The van der Waals surface area contributed by atoms with Crippen molar-refractivity contribution in [2.45, 2.75) is 260 Å². The fraction of sp³-hybridized carbons (Fsp3) is 0.583. The third-order valence-electron chi connectivity index (χ3n) is 16.9. The van der Waals surface area contributed by atoms with Gasteiger partial charge in [0.05, 0.1) is 0 Å². The van der Waals surface area contributed by atoms with E-state index in [1.807, 2.05) is 22.7 Å². The Hall–Kier alpha value is -3.24. The van der Waals surface area contributed by atoms with Crippen LogP contribution in [0.3, 0.4) is 0 Å². The van der Waals surface area contributed by atoms with E-state index in [1.54, 1.807) is 11.1 Å². The van der Waals surface area contributed by atoms with Crippen molar-refractivity contribution in [2.24, 2.45) is 11.8 Å². The minimum Gasteiger partial charge on any atom is -0.141 e. The number of thiophene rings is 3. The molecule has 0 spiro atoms. The maximum atomic E-state index is 2.63. The summed E-state index contributed by atoms with van der Waals surface area (Å²) in [5.74, 6) is 1.54. The maximum absolute atomic E-state index is 2.63. The average molecular weight is 1060 g/mol. The summed E-state index contributed by atoms with van der Waals surface area (Å²) in [4.78, 5) is 5.90. The monoisotopic (exact) mass is 1060 g/mol. The topological polar surface area (TPSA) is 0 Å². The lowest BCUT2D eigenvalue weighted by Crippen LogP contribution is -2.06. The van der Waals surface area contributed by atoms with Gasteiger partial charge in [0.1, 0.15) is 0 Å². The zero-order valence-electron chi connectivity index (χ0n) is 48.5. The number of unbranched alkanes of at least 4 members (excludes halogenated alkanes) is 24. The first-order valence-electron chi connectivity index (χ1n) is 31.6. The minimum atomic E-state index is 0.745. The van der Waals surface area contributed by atoms with Gasteiger partial charge in [-0.15, -0.1) is 34.0 Å². The predicted molar refractivity (Wildman–Crippen MR) is 345 cm³/mol. The standard InChI is InChI=1S/C72H102S3/c1-7-11-15-19-23-25-29-33-36-57(35-31-27-21-17-13-9-3)51-62-50-56(6)73-69(62)48-43-64-54-63(52-58(37-32-28-22-18-14-10-4)38-34-30-26-24-20-16-12-8-2)70(74-64)61-42-45-66-60(53-61)41-47-68-67-46-40-59-49-55(5)39-44-65(59)71(67)75-72(66)68/h39-50,53-54,57-58H,7-38,51-52H2,1-6H3/b48-43+. The van der Waals surface area contributed by atoms with Gasteiger partial charge >= 0.3 is 0 Å². The summed E-state index contributed by atoms with van der Waals surface area (Å²) in [6.07, 6.45) is 52.2. The number of benzene rings is 4. The van der Waals surface area contributed by atoms with E-state index in [2.05, 4.69) is 138 Å². The van der Waals surface area contributed by atoms with Gasteiger partial charge in [0.2, 0.25) is 0 Å². The highest BCUT2D eigenvalue weighted by molar-refractivity contribution is 7.27. The Morgan fingerprint density at radius 3 is 1.29 bits per heavy atom. The Balaban J connectivity index is 1.15. The molecule has 0 aliphatic carbocycles. The number of rotatable bonds is 39. The second kappa shape index (κ2) is 33.3. The summed E-state index contributed by atoms with van der Waals surface area (Å²) >= 11 is 6.08.